The Morgan fingerprint density at radius 1 is 1.16 bits per heavy atom. The van der Waals surface area contributed by atoms with Gasteiger partial charge in [-0.1, -0.05) is 0 Å². The third kappa shape index (κ3) is 5.14. The topological polar surface area (TPSA) is 93.7 Å². The van der Waals surface area contributed by atoms with E-state index in [0.29, 0.717) is 13.2 Å². The predicted octanol–water partition coefficient (Wildman–Crippen LogP) is 3.07. The van der Waals surface area contributed by atoms with Crippen molar-refractivity contribution in [3.8, 4) is 11.4 Å². The smallest absolute Gasteiger partial charge is 0.161 e. The van der Waals surface area contributed by atoms with Crippen molar-refractivity contribution in [2.75, 3.05) is 56.0 Å². The number of ether oxygens (including phenoxy) is 2. The molecule has 3 heterocycles. The molecule has 4 rings (SSSR count). The second kappa shape index (κ2) is 10.2. The lowest BCUT2D eigenvalue weighted by Crippen LogP contribution is -2.44. The van der Waals surface area contributed by atoms with E-state index in [2.05, 4.69) is 17.9 Å². The Kier molecular flexibility index (Phi) is 7.32. The van der Waals surface area contributed by atoms with Crippen molar-refractivity contribution in [3.05, 3.63) is 36.0 Å². The van der Waals surface area contributed by atoms with Gasteiger partial charge < -0.3 is 25.2 Å². The van der Waals surface area contributed by atoms with Crippen LogP contribution in [0.5, 0.6) is 0 Å². The van der Waals surface area contributed by atoms with E-state index in [0.717, 1.165) is 73.4 Å². The number of morpholine rings is 1. The highest BCUT2D eigenvalue weighted by molar-refractivity contribution is 8.00. The first-order valence-electron chi connectivity index (χ1n) is 11.0. The summed E-state index contributed by atoms with van der Waals surface area (Å²) in [6.45, 7) is 6.02. The summed E-state index contributed by atoms with van der Waals surface area (Å²) >= 11 is 1.89. The summed E-state index contributed by atoms with van der Waals surface area (Å²) in [4.78, 5) is 12.4. The van der Waals surface area contributed by atoms with Gasteiger partial charge in [0.2, 0.25) is 0 Å². The maximum Gasteiger partial charge on any atom is 0.161 e. The summed E-state index contributed by atoms with van der Waals surface area (Å²) in [6, 6.07) is 10.2. The molecule has 0 aliphatic carbocycles. The zero-order chi connectivity index (χ0) is 21.7. The van der Waals surface area contributed by atoms with Crippen molar-refractivity contribution in [1.82, 2.24) is 9.97 Å². The summed E-state index contributed by atoms with van der Waals surface area (Å²) in [6.07, 6.45) is 2.58. The molecule has 2 fully saturated rings. The number of hydrogen-bond acceptors (Lipinski definition) is 8. The summed E-state index contributed by atoms with van der Waals surface area (Å²) in [5, 5.41) is 9.32. The lowest BCUT2D eigenvalue weighted by atomic mass is 9.94. The van der Waals surface area contributed by atoms with Gasteiger partial charge in [-0.2, -0.15) is 0 Å². The van der Waals surface area contributed by atoms with Gasteiger partial charge >= 0.3 is 0 Å². The maximum atomic E-state index is 9.32. The maximum absolute atomic E-state index is 9.32. The molecule has 168 valence electrons. The van der Waals surface area contributed by atoms with Crippen LogP contribution >= 0.6 is 11.8 Å². The Hall–Kier alpha value is -1.87. The Morgan fingerprint density at radius 2 is 1.94 bits per heavy atom. The minimum atomic E-state index is -0.136. The lowest BCUT2D eigenvalue weighted by molar-refractivity contribution is 0.0758. The van der Waals surface area contributed by atoms with Gasteiger partial charge in [-0.25, -0.2) is 9.97 Å². The molecule has 2 aliphatic heterocycles. The number of rotatable bonds is 7. The number of nitrogen functional groups attached to an aromatic ring is 1. The fourth-order valence-electron chi connectivity index (χ4n) is 4.15. The molecule has 8 heteroatoms. The van der Waals surface area contributed by atoms with Crippen molar-refractivity contribution in [3.63, 3.8) is 0 Å². The number of aliphatic hydroxyl groups is 1. The fraction of sp³-hybridized carbons (Fsp3) is 0.565. The number of hydrogen-bond donors (Lipinski definition) is 2. The summed E-state index contributed by atoms with van der Waals surface area (Å²) in [5.41, 5.74) is 8.64. The van der Waals surface area contributed by atoms with E-state index in [1.165, 1.54) is 0 Å². The van der Waals surface area contributed by atoms with Gasteiger partial charge in [0.1, 0.15) is 5.82 Å². The molecule has 2 saturated heterocycles. The first kappa shape index (κ1) is 22.3. The second-order valence-electron chi connectivity index (χ2n) is 8.21. The Bertz CT molecular complexity index is 858. The Labute approximate surface area is 188 Å². The molecule has 1 aromatic carbocycles. The lowest BCUT2D eigenvalue weighted by Gasteiger charge is -2.38. The van der Waals surface area contributed by atoms with Crippen LogP contribution in [0.25, 0.3) is 11.4 Å². The van der Waals surface area contributed by atoms with E-state index >= 15 is 0 Å². The quantitative estimate of drug-likeness (QED) is 0.497. The molecule has 3 N–H and O–H groups in total. The van der Waals surface area contributed by atoms with Crippen LogP contribution in [0.1, 0.15) is 31.9 Å². The van der Waals surface area contributed by atoms with Gasteiger partial charge in [0.25, 0.3) is 0 Å². The first-order valence-corrected chi connectivity index (χ1v) is 12.0. The van der Waals surface area contributed by atoms with Gasteiger partial charge in [-0.05, 0) is 56.2 Å². The highest BCUT2D eigenvalue weighted by Crippen LogP contribution is 2.45. The number of thioether (sulfide) groups is 1. The molecule has 1 atom stereocenters. The van der Waals surface area contributed by atoms with Crippen molar-refractivity contribution in [2.45, 2.75) is 37.0 Å². The molecule has 0 bridgehead atoms. The van der Waals surface area contributed by atoms with Crippen LogP contribution in [0.2, 0.25) is 0 Å². The largest absolute Gasteiger partial charge is 0.399 e. The summed E-state index contributed by atoms with van der Waals surface area (Å²) in [5.74, 6) is 2.56. The SMILES string of the molecule is CC1COCCN1c1cc(C2(SCCCO)CCOCC2)nc(-c2ccc(N)cc2)n1. The van der Waals surface area contributed by atoms with Crippen LogP contribution in [-0.2, 0) is 14.2 Å². The summed E-state index contributed by atoms with van der Waals surface area (Å²) in [7, 11) is 0. The first-order chi connectivity index (χ1) is 15.1. The number of nitrogens with zero attached hydrogens (tertiary/aromatic N) is 3. The zero-order valence-electron chi connectivity index (χ0n) is 18.1. The van der Waals surface area contributed by atoms with Crippen LogP contribution in [0.3, 0.4) is 0 Å². The molecule has 1 unspecified atom stereocenters. The van der Waals surface area contributed by atoms with E-state index in [4.69, 9.17) is 25.2 Å². The van der Waals surface area contributed by atoms with Gasteiger partial charge in [0.05, 0.1) is 29.7 Å². The van der Waals surface area contributed by atoms with Gasteiger partial charge in [-0.15, -0.1) is 11.8 Å². The van der Waals surface area contributed by atoms with E-state index in [1.54, 1.807) is 0 Å². The molecular weight excluding hydrogens is 412 g/mol. The third-order valence-corrected chi connectivity index (χ3v) is 7.65. The van der Waals surface area contributed by atoms with E-state index in [9.17, 15) is 5.11 Å². The monoisotopic (exact) mass is 444 g/mol. The molecule has 1 aromatic heterocycles. The van der Waals surface area contributed by atoms with Crippen molar-refractivity contribution < 1.29 is 14.6 Å². The molecule has 2 aliphatic rings. The van der Waals surface area contributed by atoms with E-state index in [1.807, 2.05) is 36.0 Å². The third-order valence-electron chi connectivity index (χ3n) is 5.99. The zero-order valence-corrected chi connectivity index (χ0v) is 18.9. The molecule has 0 spiro atoms. The number of anilines is 2. The second-order valence-corrected chi connectivity index (χ2v) is 9.69. The van der Waals surface area contributed by atoms with Gasteiger partial charge in [-0.3, -0.25) is 0 Å². The molecule has 0 radical (unpaired) electrons. The van der Waals surface area contributed by atoms with Crippen molar-refractivity contribution in [1.29, 1.82) is 0 Å². The minimum absolute atomic E-state index is 0.136. The number of aromatic nitrogens is 2. The number of nitrogens with two attached hydrogens (primary N) is 1. The Morgan fingerprint density at radius 3 is 2.65 bits per heavy atom. The van der Waals surface area contributed by atoms with Crippen LogP contribution in [0.15, 0.2) is 30.3 Å². The fourth-order valence-corrected chi connectivity index (χ4v) is 5.52. The minimum Gasteiger partial charge on any atom is -0.399 e. The highest BCUT2D eigenvalue weighted by atomic mass is 32.2. The number of aliphatic hydroxyl groups excluding tert-OH is 1. The predicted molar refractivity (Wildman–Crippen MR) is 125 cm³/mol. The van der Waals surface area contributed by atoms with Crippen LogP contribution in [0, 0.1) is 0 Å². The highest BCUT2D eigenvalue weighted by Gasteiger charge is 2.37. The van der Waals surface area contributed by atoms with Crippen LogP contribution < -0.4 is 10.6 Å². The van der Waals surface area contributed by atoms with E-state index < -0.39 is 0 Å². The Balaban J connectivity index is 1.78. The number of benzene rings is 1. The summed E-state index contributed by atoms with van der Waals surface area (Å²) < 4.78 is 11.2. The molecule has 31 heavy (non-hydrogen) atoms. The standard InChI is InChI=1S/C23H32N4O3S/c1-17-16-30-13-9-27(17)21-15-20(23(31-14-2-10-28)7-11-29-12-8-23)25-22(26-21)18-3-5-19(24)6-4-18/h3-6,15,17,28H,2,7-14,16,24H2,1H3. The van der Waals surface area contributed by atoms with Crippen molar-refractivity contribution >= 4 is 23.3 Å². The van der Waals surface area contributed by atoms with Gasteiger partial charge in [0, 0.05) is 43.7 Å². The average Bonchev–Trinajstić information content (AvgIpc) is 2.80. The molecule has 7 nitrogen and oxygen atoms in total. The van der Waals surface area contributed by atoms with E-state index in [-0.39, 0.29) is 17.4 Å². The van der Waals surface area contributed by atoms with Gasteiger partial charge in [0.15, 0.2) is 5.82 Å². The molecular formula is C23H32N4O3S. The molecule has 0 saturated carbocycles. The average molecular weight is 445 g/mol. The van der Waals surface area contributed by atoms with Crippen LogP contribution in [0.4, 0.5) is 11.5 Å². The molecule has 2 aromatic rings. The van der Waals surface area contributed by atoms with Crippen LogP contribution in [-0.4, -0.2) is 66.4 Å². The molecule has 0 amide bonds. The van der Waals surface area contributed by atoms with Crippen molar-refractivity contribution in [2.24, 2.45) is 0 Å². The normalized spacial score (nSPS) is 21.2.